The molecule has 31 heavy (non-hydrogen) atoms. The molecule has 0 bridgehead atoms. The highest BCUT2D eigenvalue weighted by Gasteiger charge is 2.48. The first-order chi connectivity index (χ1) is 15.1. The van der Waals surface area contributed by atoms with E-state index in [9.17, 15) is 9.18 Å². The molecule has 5 nitrogen and oxygen atoms in total. The van der Waals surface area contributed by atoms with Crippen LogP contribution in [0, 0.1) is 24.6 Å². The summed E-state index contributed by atoms with van der Waals surface area (Å²) in [6.45, 7) is 3.29. The number of pyridine rings is 1. The molecule has 1 fully saturated rings. The minimum absolute atomic E-state index is 0.00627. The Morgan fingerprint density at radius 3 is 2.81 bits per heavy atom. The molecule has 0 unspecified atom stereocenters. The Bertz CT molecular complexity index is 1100. The molecular weight excluding hydrogens is 395 g/mol. The van der Waals surface area contributed by atoms with Gasteiger partial charge in [-0.05, 0) is 43.3 Å². The Morgan fingerprint density at radius 1 is 1.16 bits per heavy atom. The first kappa shape index (κ1) is 19.5. The molecule has 0 aliphatic carbocycles. The summed E-state index contributed by atoms with van der Waals surface area (Å²) in [7, 11) is 0. The van der Waals surface area contributed by atoms with E-state index < -0.39 is 0 Å². The number of aromatic nitrogens is 1. The third-order valence-corrected chi connectivity index (χ3v) is 6.09. The number of amides is 1. The van der Waals surface area contributed by atoms with E-state index in [1.165, 1.54) is 12.1 Å². The lowest BCUT2D eigenvalue weighted by Crippen LogP contribution is -2.35. The zero-order valence-electron chi connectivity index (χ0n) is 17.2. The van der Waals surface area contributed by atoms with Crippen molar-refractivity contribution in [3.63, 3.8) is 0 Å². The Labute approximate surface area is 180 Å². The van der Waals surface area contributed by atoms with Crippen molar-refractivity contribution in [2.24, 2.45) is 11.8 Å². The van der Waals surface area contributed by atoms with Gasteiger partial charge in [0, 0.05) is 41.3 Å². The third kappa shape index (κ3) is 3.74. The summed E-state index contributed by atoms with van der Waals surface area (Å²) in [6.07, 6.45) is 0. The molecule has 2 aliphatic rings. The Morgan fingerprint density at radius 2 is 2.00 bits per heavy atom. The van der Waals surface area contributed by atoms with Gasteiger partial charge in [-0.1, -0.05) is 24.3 Å². The first-order valence-corrected chi connectivity index (χ1v) is 10.4. The summed E-state index contributed by atoms with van der Waals surface area (Å²) in [6, 6.07) is 19.1. The van der Waals surface area contributed by atoms with E-state index in [2.05, 4.69) is 4.98 Å². The van der Waals surface area contributed by atoms with Gasteiger partial charge in [-0.15, -0.1) is 0 Å². The zero-order chi connectivity index (χ0) is 21.4. The second-order valence-corrected chi connectivity index (χ2v) is 8.11. The van der Waals surface area contributed by atoms with Crippen molar-refractivity contribution in [2.75, 3.05) is 19.8 Å². The van der Waals surface area contributed by atoms with Gasteiger partial charge in [-0.3, -0.25) is 4.79 Å². The van der Waals surface area contributed by atoms with Crippen LogP contribution in [-0.4, -0.2) is 35.5 Å². The van der Waals surface area contributed by atoms with Crippen molar-refractivity contribution >= 4 is 5.91 Å². The number of carbonyl (C=O) groups excluding carboxylic acids is 1. The zero-order valence-corrected chi connectivity index (χ0v) is 17.2. The van der Waals surface area contributed by atoms with Crippen molar-refractivity contribution in [2.45, 2.75) is 13.0 Å². The van der Waals surface area contributed by atoms with Gasteiger partial charge in [-0.25, -0.2) is 9.37 Å². The van der Waals surface area contributed by atoms with Crippen LogP contribution < -0.4 is 9.47 Å². The third-order valence-electron chi connectivity index (χ3n) is 6.09. The second-order valence-electron chi connectivity index (χ2n) is 8.11. The standard InChI is InChI=1S/C25H23FN2O3/c1-16-6-5-9-23(27-16)31-14-18-13-28(25(29)17-7-3-2-4-8-17)24-20-12-19(26)10-11-22(20)30-15-21(18)24/h2-12,18,21,24H,13-15H2,1H3/t18-,21-,24-/m0/s1. The van der Waals surface area contributed by atoms with E-state index in [1.807, 2.05) is 60.4 Å². The van der Waals surface area contributed by atoms with Gasteiger partial charge < -0.3 is 14.4 Å². The van der Waals surface area contributed by atoms with Gasteiger partial charge in [0.05, 0.1) is 19.3 Å². The summed E-state index contributed by atoms with van der Waals surface area (Å²) in [4.78, 5) is 19.6. The van der Waals surface area contributed by atoms with Crippen LogP contribution in [0.4, 0.5) is 4.39 Å². The molecule has 2 aliphatic heterocycles. The number of fused-ring (bicyclic) bond motifs is 3. The highest BCUT2D eigenvalue weighted by molar-refractivity contribution is 5.94. The predicted octanol–water partition coefficient (Wildman–Crippen LogP) is 4.43. The molecule has 2 aromatic carbocycles. The highest BCUT2D eigenvalue weighted by Crippen LogP contribution is 2.48. The van der Waals surface area contributed by atoms with Crippen molar-refractivity contribution in [1.82, 2.24) is 9.88 Å². The minimum Gasteiger partial charge on any atom is -0.493 e. The molecule has 1 aromatic heterocycles. The molecule has 3 heterocycles. The average molecular weight is 418 g/mol. The van der Waals surface area contributed by atoms with E-state index >= 15 is 0 Å². The minimum atomic E-state index is -0.334. The maximum absolute atomic E-state index is 14.1. The van der Waals surface area contributed by atoms with Crippen molar-refractivity contribution in [3.05, 3.63) is 89.4 Å². The Hall–Kier alpha value is -3.41. The molecule has 0 radical (unpaired) electrons. The molecule has 6 heteroatoms. The summed E-state index contributed by atoms with van der Waals surface area (Å²) in [5.41, 5.74) is 2.22. The number of rotatable bonds is 4. The normalized spacial score (nSPS) is 21.7. The van der Waals surface area contributed by atoms with Crippen LogP contribution in [-0.2, 0) is 0 Å². The van der Waals surface area contributed by atoms with Crippen LogP contribution in [0.1, 0.15) is 27.7 Å². The SMILES string of the molecule is Cc1cccc(OC[C@@H]2CN(C(=O)c3ccccc3)[C@H]3c4cc(F)ccc4OC[C@@H]23)n1. The van der Waals surface area contributed by atoms with Gasteiger partial charge in [0.15, 0.2) is 0 Å². The summed E-state index contributed by atoms with van der Waals surface area (Å²) < 4.78 is 26.1. The van der Waals surface area contributed by atoms with E-state index in [0.29, 0.717) is 37.0 Å². The number of benzene rings is 2. The van der Waals surface area contributed by atoms with Gasteiger partial charge in [0.2, 0.25) is 5.88 Å². The van der Waals surface area contributed by atoms with Crippen LogP contribution in [0.25, 0.3) is 0 Å². The fourth-order valence-corrected chi connectivity index (χ4v) is 4.61. The molecule has 5 rings (SSSR count). The number of ether oxygens (including phenoxy) is 2. The summed E-state index contributed by atoms with van der Waals surface area (Å²) >= 11 is 0. The quantitative estimate of drug-likeness (QED) is 0.629. The molecule has 0 saturated carbocycles. The second kappa shape index (κ2) is 8.02. The molecule has 1 amide bonds. The van der Waals surface area contributed by atoms with Gasteiger partial charge >= 0.3 is 0 Å². The lowest BCUT2D eigenvalue weighted by molar-refractivity contribution is 0.0674. The van der Waals surface area contributed by atoms with Crippen molar-refractivity contribution in [3.8, 4) is 11.6 Å². The van der Waals surface area contributed by atoms with Crippen molar-refractivity contribution in [1.29, 1.82) is 0 Å². The van der Waals surface area contributed by atoms with E-state index in [-0.39, 0.29) is 29.6 Å². The fourth-order valence-electron chi connectivity index (χ4n) is 4.61. The number of hydrogen-bond donors (Lipinski definition) is 0. The number of likely N-dealkylation sites (tertiary alicyclic amines) is 1. The van der Waals surface area contributed by atoms with Gasteiger partial charge in [0.25, 0.3) is 5.91 Å². The topological polar surface area (TPSA) is 51.7 Å². The maximum Gasteiger partial charge on any atom is 0.254 e. The average Bonchev–Trinajstić information content (AvgIpc) is 3.17. The van der Waals surface area contributed by atoms with Crippen LogP contribution in [0.2, 0.25) is 0 Å². The van der Waals surface area contributed by atoms with Crippen LogP contribution >= 0.6 is 0 Å². The first-order valence-electron chi connectivity index (χ1n) is 10.4. The predicted molar refractivity (Wildman–Crippen MR) is 114 cm³/mol. The van der Waals surface area contributed by atoms with E-state index in [4.69, 9.17) is 9.47 Å². The van der Waals surface area contributed by atoms with Gasteiger partial charge in [0.1, 0.15) is 11.6 Å². The Kier molecular flexibility index (Phi) is 5.06. The van der Waals surface area contributed by atoms with Crippen LogP contribution in [0.15, 0.2) is 66.7 Å². The smallest absolute Gasteiger partial charge is 0.254 e. The van der Waals surface area contributed by atoms with Crippen LogP contribution in [0.5, 0.6) is 11.6 Å². The fraction of sp³-hybridized carbons (Fsp3) is 0.280. The Balaban J connectivity index is 1.46. The summed E-state index contributed by atoms with van der Waals surface area (Å²) in [5, 5.41) is 0. The number of nitrogens with zero attached hydrogens (tertiary/aromatic N) is 2. The monoisotopic (exact) mass is 418 g/mol. The lowest BCUT2D eigenvalue weighted by Gasteiger charge is -2.34. The lowest BCUT2D eigenvalue weighted by atomic mass is 9.85. The maximum atomic E-state index is 14.1. The summed E-state index contributed by atoms with van der Waals surface area (Å²) in [5.74, 6) is 0.841. The number of aryl methyl sites for hydroxylation is 1. The molecule has 158 valence electrons. The molecule has 3 atom stereocenters. The van der Waals surface area contributed by atoms with Gasteiger partial charge in [-0.2, -0.15) is 0 Å². The number of halogens is 1. The van der Waals surface area contributed by atoms with Crippen molar-refractivity contribution < 1.29 is 18.7 Å². The molecule has 0 N–H and O–H groups in total. The van der Waals surface area contributed by atoms with Crippen LogP contribution in [0.3, 0.4) is 0 Å². The number of hydrogen-bond acceptors (Lipinski definition) is 4. The molecule has 3 aromatic rings. The van der Waals surface area contributed by atoms with E-state index in [0.717, 1.165) is 11.3 Å². The van der Waals surface area contributed by atoms with E-state index in [1.54, 1.807) is 6.07 Å². The highest BCUT2D eigenvalue weighted by atomic mass is 19.1. The molecule has 1 saturated heterocycles. The largest absolute Gasteiger partial charge is 0.493 e. The molecular formula is C25H23FN2O3. The molecule has 0 spiro atoms. The number of carbonyl (C=O) groups is 1.